The van der Waals surface area contributed by atoms with Crippen LogP contribution in [0.3, 0.4) is 0 Å². The summed E-state index contributed by atoms with van der Waals surface area (Å²) in [5.41, 5.74) is 0. The molecule has 0 bridgehead atoms. The molecule has 0 aliphatic heterocycles. The Morgan fingerprint density at radius 2 is 0.818 bits per heavy atom. The highest BCUT2D eigenvalue weighted by Gasteiger charge is 2.15. The Labute approximate surface area is 132 Å². The highest BCUT2D eigenvalue weighted by molar-refractivity contribution is 5.27. The van der Waals surface area contributed by atoms with Gasteiger partial charge in [-0.25, -0.2) is 0 Å². The number of hydrogen-bond donors (Lipinski definition) is 2. The van der Waals surface area contributed by atoms with E-state index in [-0.39, 0.29) is 0 Å². The molecule has 1 heterocycles. The molecule has 0 radical (unpaired) electrons. The fraction of sp³-hybridized carbons (Fsp3) is 0.875. The van der Waals surface area contributed by atoms with Crippen molar-refractivity contribution in [2.75, 3.05) is 10.6 Å². The van der Waals surface area contributed by atoms with E-state index in [4.69, 9.17) is 0 Å². The lowest BCUT2D eigenvalue weighted by molar-refractivity contribution is 0.601. The maximum Gasteiger partial charge on any atom is 0.262 e. The lowest BCUT2D eigenvalue weighted by atomic mass is 10.1. The molecule has 2 aliphatic carbocycles. The van der Waals surface area contributed by atoms with Crippen LogP contribution in [0.4, 0.5) is 11.9 Å². The Bertz CT molecular complexity index is 378. The maximum absolute atomic E-state index is 4.20. The summed E-state index contributed by atoms with van der Waals surface area (Å²) in [6.07, 6.45) is 15.4. The summed E-state index contributed by atoms with van der Waals surface area (Å²) in [5.74, 6) is 1.14. The van der Waals surface area contributed by atoms with Gasteiger partial charge in [0.1, 0.15) is 0 Å². The zero-order valence-electron chi connectivity index (χ0n) is 13.4. The zero-order chi connectivity index (χ0) is 15.0. The second kappa shape index (κ2) is 8.25. The van der Waals surface area contributed by atoms with Crippen LogP contribution in [0.15, 0.2) is 0 Å². The molecule has 0 aromatic carbocycles. The molecule has 1 aromatic heterocycles. The van der Waals surface area contributed by atoms with E-state index in [1.54, 1.807) is 0 Å². The smallest absolute Gasteiger partial charge is 0.262 e. The van der Waals surface area contributed by atoms with Gasteiger partial charge in [0, 0.05) is 12.1 Å². The van der Waals surface area contributed by atoms with Gasteiger partial charge in [-0.05, 0) is 25.7 Å². The van der Waals surface area contributed by atoms with E-state index in [2.05, 4.69) is 31.0 Å². The summed E-state index contributed by atoms with van der Waals surface area (Å²) in [4.78, 5) is 0. The first-order valence-electron chi connectivity index (χ1n) is 9.00. The first-order valence-corrected chi connectivity index (χ1v) is 9.00. The summed E-state index contributed by atoms with van der Waals surface area (Å²) >= 11 is 0. The molecule has 0 amide bonds. The number of rotatable bonds is 4. The van der Waals surface area contributed by atoms with Gasteiger partial charge in [-0.15, -0.1) is 20.4 Å². The molecule has 2 N–H and O–H groups in total. The summed E-state index contributed by atoms with van der Waals surface area (Å²) in [6.45, 7) is 0. The molecule has 0 unspecified atom stereocenters. The van der Waals surface area contributed by atoms with Crippen LogP contribution in [0.1, 0.15) is 77.0 Å². The first-order chi connectivity index (χ1) is 10.9. The first kappa shape index (κ1) is 15.4. The van der Waals surface area contributed by atoms with Crippen molar-refractivity contribution in [3.8, 4) is 0 Å². The van der Waals surface area contributed by atoms with Gasteiger partial charge in [0.15, 0.2) is 0 Å². The van der Waals surface area contributed by atoms with E-state index in [0.29, 0.717) is 24.0 Å². The Balaban J connectivity index is 1.50. The average molecular weight is 304 g/mol. The summed E-state index contributed by atoms with van der Waals surface area (Å²) in [6, 6.07) is 0.957. The van der Waals surface area contributed by atoms with Gasteiger partial charge in [-0.1, -0.05) is 51.4 Å². The third kappa shape index (κ3) is 4.78. The molecular formula is C16H28N6. The third-order valence-corrected chi connectivity index (χ3v) is 4.86. The lowest BCUT2D eigenvalue weighted by Crippen LogP contribution is -2.23. The fourth-order valence-corrected chi connectivity index (χ4v) is 3.56. The van der Waals surface area contributed by atoms with Crippen molar-refractivity contribution in [2.24, 2.45) is 0 Å². The van der Waals surface area contributed by atoms with Crippen LogP contribution in [0, 0.1) is 0 Å². The van der Waals surface area contributed by atoms with Crippen LogP contribution in [0.5, 0.6) is 0 Å². The SMILES string of the molecule is C1CCCC(Nc2nnc(NC3CCCCCC3)nn2)CC1. The lowest BCUT2D eigenvalue weighted by Gasteiger charge is -2.16. The van der Waals surface area contributed by atoms with Gasteiger partial charge in [0.2, 0.25) is 0 Å². The minimum Gasteiger partial charge on any atom is -0.349 e. The van der Waals surface area contributed by atoms with E-state index in [1.165, 1.54) is 77.0 Å². The molecular weight excluding hydrogens is 276 g/mol. The minimum absolute atomic E-state index is 0.478. The van der Waals surface area contributed by atoms with Crippen molar-refractivity contribution in [2.45, 2.75) is 89.1 Å². The second-order valence-electron chi connectivity index (χ2n) is 6.71. The quantitative estimate of drug-likeness (QED) is 0.829. The van der Waals surface area contributed by atoms with E-state index in [9.17, 15) is 0 Å². The van der Waals surface area contributed by atoms with Crippen molar-refractivity contribution in [1.29, 1.82) is 0 Å². The topological polar surface area (TPSA) is 75.6 Å². The number of anilines is 2. The van der Waals surface area contributed by atoms with Crippen LogP contribution >= 0.6 is 0 Å². The van der Waals surface area contributed by atoms with Gasteiger partial charge in [-0.2, -0.15) is 0 Å². The maximum atomic E-state index is 4.20. The van der Waals surface area contributed by atoms with Crippen molar-refractivity contribution < 1.29 is 0 Å². The van der Waals surface area contributed by atoms with Crippen LogP contribution in [0.25, 0.3) is 0 Å². The van der Waals surface area contributed by atoms with Gasteiger partial charge in [0.05, 0.1) is 0 Å². The molecule has 0 saturated heterocycles. The molecule has 22 heavy (non-hydrogen) atoms. The van der Waals surface area contributed by atoms with Crippen molar-refractivity contribution in [1.82, 2.24) is 20.4 Å². The predicted molar refractivity (Wildman–Crippen MR) is 87.8 cm³/mol. The van der Waals surface area contributed by atoms with Crippen molar-refractivity contribution in [3.63, 3.8) is 0 Å². The molecule has 6 heteroatoms. The molecule has 2 saturated carbocycles. The van der Waals surface area contributed by atoms with Crippen molar-refractivity contribution >= 4 is 11.9 Å². The number of nitrogens with one attached hydrogen (secondary N) is 2. The predicted octanol–water partition coefficient (Wildman–Crippen LogP) is 3.54. The van der Waals surface area contributed by atoms with E-state index in [0.717, 1.165) is 0 Å². The van der Waals surface area contributed by atoms with Crippen LogP contribution in [-0.2, 0) is 0 Å². The molecule has 0 spiro atoms. The summed E-state index contributed by atoms with van der Waals surface area (Å²) < 4.78 is 0. The van der Waals surface area contributed by atoms with Crippen LogP contribution in [0.2, 0.25) is 0 Å². The second-order valence-corrected chi connectivity index (χ2v) is 6.71. The molecule has 6 nitrogen and oxygen atoms in total. The van der Waals surface area contributed by atoms with Gasteiger partial charge >= 0.3 is 0 Å². The minimum atomic E-state index is 0.478. The van der Waals surface area contributed by atoms with Gasteiger partial charge in [-0.3, -0.25) is 0 Å². The monoisotopic (exact) mass is 304 g/mol. The summed E-state index contributed by atoms with van der Waals surface area (Å²) in [5, 5.41) is 23.6. The number of hydrogen-bond acceptors (Lipinski definition) is 6. The molecule has 0 atom stereocenters. The number of aromatic nitrogens is 4. The third-order valence-electron chi connectivity index (χ3n) is 4.86. The molecule has 2 aliphatic rings. The van der Waals surface area contributed by atoms with E-state index < -0.39 is 0 Å². The highest BCUT2D eigenvalue weighted by atomic mass is 15.4. The van der Waals surface area contributed by atoms with E-state index in [1.807, 2.05) is 0 Å². The molecule has 1 aromatic rings. The van der Waals surface area contributed by atoms with Crippen molar-refractivity contribution in [3.05, 3.63) is 0 Å². The normalized spacial score (nSPS) is 21.8. The molecule has 122 valence electrons. The Morgan fingerprint density at radius 3 is 1.14 bits per heavy atom. The Kier molecular flexibility index (Phi) is 5.79. The summed E-state index contributed by atoms with van der Waals surface area (Å²) in [7, 11) is 0. The Hall–Kier alpha value is -1.46. The standard InChI is InChI=1S/C16H28N6/c1-2-6-10-13(9-5-1)17-15-19-21-16(22-20-15)18-14-11-7-3-4-8-12-14/h13-14H,1-12H2,(H,17,19,20)(H,18,21,22). The zero-order valence-corrected chi connectivity index (χ0v) is 13.4. The molecule has 2 fully saturated rings. The highest BCUT2D eigenvalue weighted by Crippen LogP contribution is 2.20. The van der Waals surface area contributed by atoms with Gasteiger partial charge in [0.25, 0.3) is 11.9 Å². The Morgan fingerprint density at radius 1 is 0.500 bits per heavy atom. The van der Waals surface area contributed by atoms with E-state index >= 15 is 0 Å². The largest absolute Gasteiger partial charge is 0.349 e. The fourth-order valence-electron chi connectivity index (χ4n) is 3.56. The van der Waals surface area contributed by atoms with Crippen LogP contribution in [-0.4, -0.2) is 32.5 Å². The van der Waals surface area contributed by atoms with Gasteiger partial charge < -0.3 is 10.6 Å². The molecule has 3 rings (SSSR count). The number of nitrogens with zero attached hydrogens (tertiary/aromatic N) is 4. The van der Waals surface area contributed by atoms with Crippen LogP contribution < -0.4 is 10.6 Å². The average Bonchev–Trinajstić information content (AvgIpc) is 2.94.